The maximum absolute atomic E-state index is 12.4. The lowest BCUT2D eigenvalue weighted by Gasteiger charge is -2.24. The van der Waals surface area contributed by atoms with Gasteiger partial charge < -0.3 is 5.32 Å². The molecule has 2 atom stereocenters. The lowest BCUT2D eigenvalue weighted by atomic mass is 9.94. The van der Waals surface area contributed by atoms with Crippen LogP contribution in [-0.2, 0) is 16.4 Å². The molecular weight excluding hydrogens is 274 g/mol. The molecule has 2 saturated heterocycles. The Morgan fingerprint density at radius 3 is 2.85 bits per heavy atom. The van der Waals surface area contributed by atoms with Crippen LogP contribution in [0.5, 0.6) is 0 Å². The summed E-state index contributed by atoms with van der Waals surface area (Å²) in [6, 6.07) is 4.11. The molecule has 0 amide bonds. The van der Waals surface area contributed by atoms with E-state index in [0.29, 0.717) is 31.5 Å². The first kappa shape index (κ1) is 14.0. The number of piperidine rings is 1. The van der Waals surface area contributed by atoms with Crippen molar-refractivity contribution in [2.24, 2.45) is 5.92 Å². The van der Waals surface area contributed by atoms with Crippen LogP contribution >= 0.6 is 0 Å². The van der Waals surface area contributed by atoms with E-state index >= 15 is 0 Å². The molecule has 0 aliphatic carbocycles. The van der Waals surface area contributed by atoms with Crippen LogP contribution in [0.2, 0.25) is 0 Å². The Labute approximate surface area is 120 Å². The number of aromatic nitrogens is 1. The van der Waals surface area contributed by atoms with Gasteiger partial charge in [0.2, 0.25) is 10.0 Å². The first-order chi connectivity index (χ1) is 9.65. The van der Waals surface area contributed by atoms with Crippen molar-refractivity contribution >= 4 is 10.0 Å². The summed E-state index contributed by atoms with van der Waals surface area (Å²) >= 11 is 0. The molecule has 2 aliphatic rings. The van der Waals surface area contributed by atoms with Crippen LogP contribution < -0.4 is 5.32 Å². The molecule has 0 saturated carbocycles. The molecule has 2 fully saturated rings. The van der Waals surface area contributed by atoms with E-state index in [1.54, 1.807) is 16.7 Å². The molecule has 1 aromatic heterocycles. The zero-order valence-electron chi connectivity index (χ0n) is 11.5. The van der Waals surface area contributed by atoms with Gasteiger partial charge in [-0.3, -0.25) is 4.98 Å². The van der Waals surface area contributed by atoms with Gasteiger partial charge >= 0.3 is 0 Å². The first-order valence-electron chi connectivity index (χ1n) is 7.25. The van der Waals surface area contributed by atoms with Gasteiger partial charge in [-0.25, -0.2) is 12.7 Å². The van der Waals surface area contributed by atoms with Crippen LogP contribution in [0.25, 0.3) is 0 Å². The summed E-state index contributed by atoms with van der Waals surface area (Å²) in [5.74, 6) is 0.690. The minimum Gasteiger partial charge on any atom is -0.312 e. The van der Waals surface area contributed by atoms with Gasteiger partial charge in [-0.05, 0) is 49.4 Å². The summed E-state index contributed by atoms with van der Waals surface area (Å²) in [6.07, 6.45) is 6.27. The normalized spacial score (nSPS) is 27.4. The molecular formula is C14H21N3O2S. The number of sulfonamides is 1. The van der Waals surface area contributed by atoms with Gasteiger partial charge in [0.05, 0.1) is 5.75 Å². The number of pyridine rings is 1. The third-order valence-electron chi connectivity index (χ3n) is 4.36. The van der Waals surface area contributed by atoms with Crippen LogP contribution in [-0.4, -0.2) is 49.1 Å². The van der Waals surface area contributed by atoms with E-state index in [1.165, 1.54) is 0 Å². The molecule has 0 bridgehead atoms. The average molecular weight is 295 g/mol. The van der Waals surface area contributed by atoms with E-state index in [-0.39, 0.29) is 5.75 Å². The predicted octanol–water partition coefficient (Wildman–Crippen LogP) is 0.638. The largest absolute Gasteiger partial charge is 0.312 e. The smallest absolute Gasteiger partial charge is 0.214 e. The lowest BCUT2D eigenvalue weighted by molar-refractivity contribution is 0.339. The Morgan fingerprint density at radius 2 is 2.10 bits per heavy atom. The number of hydrogen-bond acceptors (Lipinski definition) is 4. The highest BCUT2D eigenvalue weighted by Crippen LogP contribution is 2.27. The van der Waals surface area contributed by atoms with Crippen molar-refractivity contribution in [3.8, 4) is 0 Å². The Kier molecular flexibility index (Phi) is 4.05. The SMILES string of the molecule is O=S(=O)(CCc1ccncc1)N1CC2CCCNC2C1. The molecule has 0 radical (unpaired) electrons. The molecule has 3 heterocycles. The van der Waals surface area contributed by atoms with E-state index in [9.17, 15) is 8.42 Å². The fourth-order valence-electron chi connectivity index (χ4n) is 3.16. The number of hydrogen-bond donors (Lipinski definition) is 1. The van der Waals surface area contributed by atoms with E-state index in [1.807, 2.05) is 12.1 Å². The van der Waals surface area contributed by atoms with E-state index < -0.39 is 10.0 Å². The standard InChI is InChI=1S/C14H21N3O2S/c18-20(19,9-5-12-3-7-15-8-4-12)17-10-13-2-1-6-16-14(13)11-17/h3-4,7-8,13-14,16H,1-2,5-6,9-11H2. The summed E-state index contributed by atoms with van der Waals surface area (Å²) in [4.78, 5) is 3.95. The molecule has 5 nitrogen and oxygen atoms in total. The summed E-state index contributed by atoms with van der Waals surface area (Å²) in [5.41, 5.74) is 1.03. The zero-order chi connectivity index (χ0) is 14.0. The fraction of sp³-hybridized carbons (Fsp3) is 0.643. The summed E-state index contributed by atoms with van der Waals surface area (Å²) < 4.78 is 26.5. The average Bonchev–Trinajstić information content (AvgIpc) is 2.91. The maximum Gasteiger partial charge on any atom is 0.214 e. The third-order valence-corrected chi connectivity index (χ3v) is 6.16. The topological polar surface area (TPSA) is 62.3 Å². The molecule has 2 aliphatic heterocycles. The van der Waals surface area contributed by atoms with Gasteiger partial charge in [0.15, 0.2) is 0 Å². The highest BCUT2D eigenvalue weighted by Gasteiger charge is 2.39. The second kappa shape index (κ2) is 5.79. The lowest BCUT2D eigenvalue weighted by Crippen LogP contribution is -2.41. The summed E-state index contributed by atoms with van der Waals surface area (Å²) in [5, 5.41) is 3.44. The molecule has 2 unspecified atom stereocenters. The molecule has 6 heteroatoms. The second-order valence-electron chi connectivity index (χ2n) is 5.70. The number of fused-ring (bicyclic) bond motifs is 1. The van der Waals surface area contributed by atoms with Gasteiger partial charge in [-0.1, -0.05) is 0 Å². The Balaban J connectivity index is 1.61. The van der Waals surface area contributed by atoms with Gasteiger partial charge in [-0.15, -0.1) is 0 Å². The zero-order valence-corrected chi connectivity index (χ0v) is 12.3. The van der Waals surface area contributed by atoms with Gasteiger partial charge in [0.1, 0.15) is 0 Å². The van der Waals surface area contributed by atoms with E-state index in [0.717, 1.165) is 24.9 Å². The fourth-order valence-corrected chi connectivity index (χ4v) is 4.72. The van der Waals surface area contributed by atoms with Crippen molar-refractivity contribution in [3.05, 3.63) is 30.1 Å². The van der Waals surface area contributed by atoms with E-state index in [2.05, 4.69) is 10.3 Å². The van der Waals surface area contributed by atoms with Crippen molar-refractivity contribution in [3.63, 3.8) is 0 Å². The van der Waals surface area contributed by atoms with Gasteiger partial charge in [-0.2, -0.15) is 0 Å². The number of aryl methyl sites for hydroxylation is 1. The van der Waals surface area contributed by atoms with Crippen molar-refractivity contribution in [1.82, 2.24) is 14.6 Å². The second-order valence-corrected chi connectivity index (χ2v) is 7.79. The third kappa shape index (κ3) is 3.02. The summed E-state index contributed by atoms with van der Waals surface area (Å²) in [7, 11) is -3.14. The number of nitrogens with one attached hydrogen (secondary N) is 1. The van der Waals surface area contributed by atoms with Crippen LogP contribution in [0.3, 0.4) is 0 Å². The molecule has 1 aromatic rings. The first-order valence-corrected chi connectivity index (χ1v) is 8.86. The molecule has 3 rings (SSSR count). The number of rotatable bonds is 4. The minimum absolute atomic E-state index is 0.191. The van der Waals surface area contributed by atoms with Crippen molar-refractivity contribution < 1.29 is 8.42 Å². The van der Waals surface area contributed by atoms with Crippen LogP contribution in [0.15, 0.2) is 24.5 Å². The highest BCUT2D eigenvalue weighted by atomic mass is 32.2. The molecule has 110 valence electrons. The minimum atomic E-state index is -3.14. The van der Waals surface area contributed by atoms with E-state index in [4.69, 9.17) is 0 Å². The molecule has 20 heavy (non-hydrogen) atoms. The molecule has 0 aromatic carbocycles. The van der Waals surface area contributed by atoms with Crippen molar-refractivity contribution in [2.75, 3.05) is 25.4 Å². The quantitative estimate of drug-likeness (QED) is 0.885. The predicted molar refractivity (Wildman–Crippen MR) is 77.8 cm³/mol. The number of nitrogens with zero attached hydrogens (tertiary/aromatic N) is 2. The molecule has 0 spiro atoms. The Hall–Kier alpha value is -0.980. The van der Waals surface area contributed by atoms with Crippen LogP contribution in [0, 0.1) is 5.92 Å². The monoisotopic (exact) mass is 295 g/mol. The van der Waals surface area contributed by atoms with Crippen molar-refractivity contribution in [1.29, 1.82) is 0 Å². The highest BCUT2D eigenvalue weighted by molar-refractivity contribution is 7.89. The Bertz CT molecular complexity index is 533. The van der Waals surface area contributed by atoms with Gasteiger partial charge in [0, 0.05) is 31.5 Å². The van der Waals surface area contributed by atoms with Gasteiger partial charge in [0.25, 0.3) is 0 Å². The Morgan fingerprint density at radius 1 is 1.30 bits per heavy atom. The molecule has 1 N–H and O–H groups in total. The van der Waals surface area contributed by atoms with Crippen LogP contribution in [0.4, 0.5) is 0 Å². The maximum atomic E-state index is 12.4. The van der Waals surface area contributed by atoms with Crippen LogP contribution in [0.1, 0.15) is 18.4 Å². The van der Waals surface area contributed by atoms with Crippen molar-refractivity contribution in [2.45, 2.75) is 25.3 Å². The summed E-state index contributed by atoms with van der Waals surface area (Å²) in [6.45, 7) is 2.35.